The quantitative estimate of drug-likeness (QED) is 0.160. The van der Waals surface area contributed by atoms with Gasteiger partial charge in [-0.25, -0.2) is 5.43 Å². The Morgan fingerprint density at radius 1 is 0.865 bits per heavy atom. The summed E-state index contributed by atoms with van der Waals surface area (Å²) in [5.41, 5.74) is 4.73. The highest BCUT2D eigenvalue weighted by Gasteiger charge is 2.14. The van der Waals surface area contributed by atoms with Gasteiger partial charge in [0.2, 0.25) is 0 Å². The molecule has 0 aliphatic heterocycles. The second kappa shape index (κ2) is 14.6. The summed E-state index contributed by atoms with van der Waals surface area (Å²) >= 11 is 7.01. The Bertz CT molecular complexity index is 1220. The van der Waals surface area contributed by atoms with Crippen LogP contribution in [0.25, 0.3) is 0 Å². The smallest absolute Gasteiger partial charge is 0.271 e. The third-order valence-electron chi connectivity index (χ3n) is 4.98. The number of amides is 1. The molecule has 3 aromatic carbocycles. The molecule has 1 amide bonds. The van der Waals surface area contributed by atoms with E-state index in [-0.39, 0.29) is 5.91 Å². The number of rotatable bonds is 13. The number of carbonyl (C=O) groups excluding carboxylic acids is 1. The SMILES string of the molecule is CCCOc1ccc(C(=O)N/N=C/c2cc(Br)c(OCc3ccc(Br)cc3)c(OCC)c2)cc1OCC. The third-order valence-corrected chi connectivity index (χ3v) is 6.09. The van der Waals surface area contributed by atoms with Gasteiger partial charge < -0.3 is 18.9 Å². The number of halogens is 2. The van der Waals surface area contributed by atoms with E-state index in [9.17, 15) is 4.79 Å². The fourth-order valence-corrected chi connectivity index (χ4v) is 4.12. The lowest BCUT2D eigenvalue weighted by molar-refractivity contribution is 0.0954. The molecular formula is C28H30Br2N2O5. The number of nitrogens with one attached hydrogen (secondary N) is 1. The van der Waals surface area contributed by atoms with E-state index < -0.39 is 0 Å². The summed E-state index contributed by atoms with van der Waals surface area (Å²) in [6, 6.07) is 16.7. The van der Waals surface area contributed by atoms with Crippen LogP contribution < -0.4 is 24.4 Å². The lowest BCUT2D eigenvalue weighted by atomic mass is 10.2. The lowest BCUT2D eigenvalue weighted by Crippen LogP contribution is -2.17. The molecule has 0 aliphatic carbocycles. The van der Waals surface area contributed by atoms with Crippen LogP contribution in [0, 0.1) is 0 Å². The summed E-state index contributed by atoms with van der Waals surface area (Å²) in [7, 11) is 0. The zero-order valence-corrected chi connectivity index (χ0v) is 24.2. The van der Waals surface area contributed by atoms with Crippen molar-refractivity contribution in [3.63, 3.8) is 0 Å². The van der Waals surface area contributed by atoms with Gasteiger partial charge in [-0.3, -0.25) is 4.79 Å². The molecule has 0 atom stereocenters. The van der Waals surface area contributed by atoms with Crippen LogP contribution >= 0.6 is 31.9 Å². The van der Waals surface area contributed by atoms with Crippen LogP contribution in [0.1, 0.15) is 48.7 Å². The van der Waals surface area contributed by atoms with Gasteiger partial charge in [0.15, 0.2) is 23.0 Å². The molecule has 0 heterocycles. The minimum Gasteiger partial charge on any atom is -0.490 e. The first-order valence-electron chi connectivity index (χ1n) is 12.0. The van der Waals surface area contributed by atoms with E-state index in [4.69, 9.17) is 18.9 Å². The Hall–Kier alpha value is -3.04. The van der Waals surface area contributed by atoms with Gasteiger partial charge in [-0.05, 0) is 89.8 Å². The fraction of sp³-hybridized carbons (Fsp3) is 0.286. The van der Waals surface area contributed by atoms with E-state index in [1.807, 2.05) is 57.2 Å². The molecule has 3 aromatic rings. The monoisotopic (exact) mass is 632 g/mol. The van der Waals surface area contributed by atoms with Crippen LogP contribution in [0.4, 0.5) is 0 Å². The van der Waals surface area contributed by atoms with Crippen molar-refractivity contribution >= 4 is 44.0 Å². The van der Waals surface area contributed by atoms with Crippen LogP contribution in [0.2, 0.25) is 0 Å². The molecule has 7 nitrogen and oxygen atoms in total. The predicted molar refractivity (Wildman–Crippen MR) is 152 cm³/mol. The van der Waals surface area contributed by atoms with Gasteiger partial charge in [-0.15, -0.1) is 0 Å². The summed E-state index contributed by atoms with van der Waals surface area (Å²) in [6.07, 6.45) is 2.42. The zero-order valence-electron chi connectivity index (χ0n) is 21.1. The summed E-state index contributed by atoms with van der Waals surface area (Å²) in [5.74, 6) is 1.94. The van der Waals surface area contributed by atoms with Gasteiger partial charge in [-0.2, -0.15) is 5.10 Å². The average molecular weight is 634 g/mol. The molecule has 0 spiro atoms. The van der Waals surface area contributed by atoms with Crippen molar-refractivity contribution < 1.29 is 23.7 Å². The summed E-state index contributed by atoms with van der Waals surface area (Å²) in [5, 5.41) is 4.12. The number of benzene rings is 3. The number of hydrazone groups is 1. The van der Waals surface area contributed by atoms with Gasteiger partial charge in [0, 0.05) is 10.0 Å². The molecule has 0 bridgehead atoms. The largest absolute Gasteiger partial charge is 0.490 e. The lowest BCUT2D eigenvalue weighted by Gasteiger charge is -2.15. The summed E-state index contributed by atoms with van der Waals surface area (Å²) in [6.45, 7) is 7.71. The number of carbonyl (C=O) groups is 1. The third kappa shape index (κ3) is 8.50. The summed E-state index contributed by atoms with van der Waals surface area (Å²) in [4.78, 5) is 12.7. The van der Waals surface area contributed by atoms with Crippen LogP contribution in [-0.4, -0.2) is 31.9 Å². The summed E-state index contributed by atoms with van der Waals surface area (Å²) < 4.78 is 24.9. The van der Waals surface area contributed by atoms with Crippen molar-refractivity contribution in [2.75, 3.05) is 19.8 Å². The van der Waals surface area contributed by atoms with Gasteiger partial charge in [0.1, 0.15) is 6.61 Å². The molecule has 0 saturated heterocycles. The van der Waals surface area contributed by atoms with E-state index >= 15 is 0 Å². The van der Waals surface area contributed by atoms with Gasteiger partial charge in [0.25, 0.3) is 5.91 Å². The Morgan fingerprint density at radius 2 is 1.59 bits per heavy atom. The fourth-order valence-electron chi connectivity index (χ4n) is 3.28. The first-order chi connectivity index (χ1) is 17.9. The molecule has 9 heteroatoms. The molecule has 3 rings (SSSR count). The van der Waals surface area contributed by atoms with Crippen LogP contribution in [0.3, 0.4) is 0 Å². The second-order valence-corrected chi connectivity index (χ2v) is 9.59. The second-order valence-electron chi connectivity index (χ2n) is 7.82. The normalized spacial score (nSPS) is 10.8. The highest BCUT2D eigenvalue weighted by molar-refractivity contribution is 9.10. The van der Waals surface area contributed by atoms with Crippen molar-refractivity contribution in [2.24, 2.45) is 5.10 Å². The van der Waals surface area contributed by atoms with Crippen molar-refractivity contribution in [1.82, 2.24) is 5.43 Å². The van der Waals surface area contributed by atoms with E-state index in [1.165, 1.54) is 0 Å². The molecule has 196 valence electrons. The van der Waals surface area contributed by atoms with Crippen molar-refractivity contribution in [3.05, 3.63) is 80.2 Å². The minimum atomic E-state index is -0.363. The molecular weight excluding hydrogens is 604 g/mol. The van der Waals surface area contributed by atoms with E-state index in [2.05, 4.69) is 42.4 Å². The highest BCUT2D eigenvalue weighted by Crippen LogP contribution is 2.37. The zero-order chi connectivity index (χ0) is 26.6. The minimum absolute atomic E-state index is 0.363. The Balaban J connectivity index is 1.70. The number of hydrogen-bond donors (Lipinski definition) is 1. The number of ether oxygens (including phenoxy) is 4. The van der Waals surface area contributed by atoms with E-state index in [0.29, 0.717) is 59.5 Å². The first-order valence-corrected chi connectivity index (χ1v) is 13.6. The van der Waals surface area contributed by atoms with Gasteiger partial charge >= 0.3 is 0 Å². The van der Waals surface area contributed by atoms with Crippen LogP contribution in [0.5, 0.6) is 23.0 Å². The molecule has 0 radical (unpaired) electrons. The van der Waals surface area contributed by atoms with Crippen molar-refractivity contribution in [1.29, 1.82) is 0 Å². The Labute approximate surface area is 234 Å². The molecule has 0 fully saturated rings. The van der Waals surface area contributed by atoms with Gasteiger partial charge in [-0.1, -0.05) is 35.0 Å². The Morgan fingerprint density at radius 3 is 2.30 bits per heavy atom. The standard InChI is InChI=1S/C28H30Br2N2O5/c1-4-13-36-24-12-9-21(16-25(24)34-5-2)28(33)32-31-17-20-14-23(30)27(26(15-20)35-6-3)37-18-19-7-10-22(29)11-8-19/h7-12,14-17H,4-6,13,18H2,1-3H3,(H,32,33)/b31-17+. The van der Waals surface area contributed by atoms with Crippen LogP contribution in [-0.2, 0) is 6.61 Å². The maximum absolute atomic E-state index is 12.7. The van der Waals surface area contributed by atoms with Crippen LogP contribution in [0.15, 0.2) is 68.6 Å². The Kier molecular flexibility index (Phi) is 11.3. The highest BCUT2D eigenvalue weighted by atomic mass is 79.9. The number of nitrogens with zero attached hydrogens (tertiary/aromatic N) is 1. The van der Waals surface area contributed by atoms with E-state index in [0.717, 1.165) is 22.0 Å². The predicted octanol–water partition coefficient (Wildman–Crippen LogP) is 7.14. The molecule has 1 N–H and O–H groups in total. The molecule has 0 unspecified atom stereocenters. The maximum atomic E-state index is 12.7. The van der Waals surface area contributed by atoms with E-state index in [1.54, 1.807) is 24.4 Å². The van der Waals surface area contributed by atoms with Crippen molar-refractivity contribution in [2.45, 2.75) is 33.8 Å². The van der Waals surface area contributed by atoms with Gasteiger partial charge in [0.05, 0.1) is 30.5 Å². The topological polar surface area (TPSA) is 78.4 Å². The average Bonchev–Trinajstić information content (AvgIpc) is 2.88. The molecule has 0 aromatic heterocycles. The molecule has 0 saturated carbocycles. The maximum Gasteiger partial charge on any atom is 0.271 e. The first kappa shape index (κ1) is 28.5. The van der Waals surface area contributed by atoms with Crippen molar-refractivity contribution in [3.8, 4) is 23.0 Å². The number of hydrogen-bond acceptors (Lipinski definition) is 6. The molecule has 37 heavy (non-hydrogen) atoms. The molecule has 0 aliphatic rings.